The molecule has 0 saturated carbocycles. The van der Waals surface area contributed by atoms with Crippen LogP contribution in [0.25, 0.3) is 0 Å². The summed E-state index contributed by atoms with van der Waals surface area (Å²) in [5, 5.41) is 0. The fourth-order valence-electron chi connectivity index (χ4n) is 0.801. The minimum atomic E-state index is -4.56. The van der Waals surface area contributed by atoms with Crippen molar-refractivity contribution in [1.29, 1.82) is 0 Å². The largest absolute Gasteiger partial charge is 0.433 e. The highest BCUT2D eigenvalue weighted by atomic mass is 19.4. The fourth-order valence-corrected chi connectivity index (χ4v) is 0.801. The molecule has 0 aliphatic heterocycles. The summed E-state index contributed by atoms with van der Waals surface area (Å²) in [5.74, 6) is 0. The Kier molecular flexibility index (Phi) is 2.15. The third-order valence-corrected chi connectivity index (χ3v) is 1.67. The zero-order valence-electron chi connectivity index (χ0n) is 7.01. The molecule has 0 spiro atoms. The van der Waals surface area contributed by atoms with Crippen LogP contribution >= 0.6 is 0 Å². The Morgan fingerprint density at radius 2 is 2.00 bits per heavy atom. The van der Waals surface area contributed by atoms with Crippen molar-refractivity contribution < 1.29 is 13.2 Å². The molecule has 3 nitrogen and oxygen atoms in total. The Morgan fingerprint density at radius 1 is 1.46 bits per heavy atom. The van der Waals surface area contributed by atoms with Gasteiger partial charge in [-0.3, -0.25) is 4.57 Å². The fraction of sp³-hybridized carbons (Fsp3) is 0.429. The van der Waals surface area contributed by atoms with Crippen LogP contribution in [-0.4, -0.2) is 9.55 Å². The molecule has 6 heteroatoms. The van der Waals surface area contributed by atoms with Crippen molar-refractivity contribution in [2.75, 3.05) is 0 Å². The number of aromatic nitrogens is 2. The first-order valence-electron chi connectivity index (χ1n) is 3.44. The maximum atomic E-state index is 12.1. The van der Waals surface area contributed by atoms with Gasteiger partial charge in [0, 0.05) is 12.7 Å². The standard InChI is InChI=1S/C7H7F3N2O/c1-4-3-5(7(8,9)10)11-6(13)12(4)2/h3H,1-2H3. The Morgan fingerprint density at radius 3 is 2.38 bits per heavy atom. The molecule has 0 radical (unpaired) electrons. The van der Waals surface area contributed by atoms with E-state index in [4.69, 9.17) is 0 Å². The number of hydrogen-bond donors (Lipinski definition) is 0. The first-order chi connectivity index (χ1) is 5.82. The molecular weight excluding hydrogens is 185 g/mol. The van der Waals surface area contributed by atoms with Crippen LogP contribution in [-0.2, 0) is 13.2 Å². The van der Waals surface area contributed by atoms with E-state index in [-0.39, 0.29) is 5.69 Å². The van der Waals surface area contributed by atoms with Gasteiger partial charge in [-0.25, -0.2) is 4.79 Å². The van der Waals surface area contributed by atoms with Crippen LogP contribution in [0.2, 0.25) is 0 Å². The van der Waals surface area contributed by atoms with Crippen LogP contribution < -0.4 is 5.69 Å². The van der Waals surface area contributed by atoms with Crippen LogP contribution in [0.15, 0.2) is 10.9 Å². The van der Waals surface area contributed by atoms with Gasteiger partial charge >= 0.3 is 11.9 Å². The van der Waals surface area contributed by atoms with Crippen LogP contribution in [0.4, 0.5) is 13.2 Å². The number of halogens is 3. The van der Waals surface area contributed by atoms with Crippen molar-refractivity contribution >= 4 is 0 Å². The predicted octanol–water partition coefficient (Wildman–Crippen LogP) is 1.11. The molecule has 0 fully saturated rings. The Bertz CT molecular complexity index is 380. The number of nitrogens with zero attached hydrogens (tertiary/aromatic N) is 2. The molecule has 13 heavy (non-hydrogen) atoms. The van der Waals surface area contributed by atoms with Gasteiger partial charge in [-0.1, -0.05) is 0 Å². The van der Waals surface area contributed by atoms with Crippen molar-refractivity contribution in [3.63, 3.8) is 0 Å². The lowest BCUT2D eigenvalue weighted by atomic mass is 10.3. The second-order valence-corrected chi connectivity index (χ2v) is 2.62. The zero-order valence-corrected chi connectivity index (χ0v) is 7.01. The van der Waals surface area contributed by atoms with Crippen molar-refractivity contribution in [1.82, 2.24) is 9.55 Å². The quantitative estimate of drug-likeness (QED) is 0.617. The third-order valence-electron chi connectivity index (χ3n) is 1.67. The lowest BCUT2D eigenvalue weighted by Gasteiger charge is -2.07. The third kappa shape index (κ3) is 1.88. The van der Waals surface area contributed by atoms with E-state index >= 15 is 0 Å². The smallest absolute Gasteiger partial charge is 0.300 e. The SMILES string of the molecule is Cc1cc(C(F)(F)F)nc(=O)n1C. The lowest BCUT2D eigenvalue weighted by molar-refractivity contribution is -0.141. The predicted molar refractivity (Wildman–Crippen MR) is 39.2 cm³/mol. The normalized spacial score (nSPS) is 11.8. The summed E-state index contributed by atoms with van der Waals surface area (Å²) in [7, 11) is 1.37. The molecule has 0 aromatic carbocycles. The molecular formula is C7H7F3N2O. The Hall–Kier alpha value is -1.33. The second kappa shape index (κ2) is 2.86. The molecule has 1 rings (SSSR count). The van der Waals surface area contributed by atoms with Gasteiger partial charge < -0.3 is 0 Å². The van der Waals surface area contributed by atoms with Crippen molar-refractivity contribution in [3.05, 3.63) is 27.9 Å². The van der Waals surface area contributed by atoms with Gasteiger partial charge in [-0.05, 0) is 13.0 Å². The monoisotopic (exact) mass is 192 g/mol. The average Bonchev–Trinajstić information content (AvgIpc) is 1.97. The van der Waals surface area contributed by atoms with E-state index in [1.165, 1.54) is 14.0 Å². The highest BCUT2D eigenvalue weighted by molar-refractivity contribution is 5.10. The molecule has 72 valence electrons. The van der Waals surface area contributed by atoms with Crippen LogP contribution in [0, 0.1) is 6.92 Å². The van der Waals surface area contributed by atoms with Gasteiger partial charge in [-0.15, -0.1) is 0 Å². The second-order valence-electron chi connectivity index (χ2n) is 2.62. The summed E-state index contributed by atoms with van der Waals surface area (Å²) in [6, 6.07) is 0.835. The van der Waals surface area contributed by atoms with Gasteiger partial charge in [0.15, 0.2) is 5.69 Å². The summed E-state index contributed by atoms with van der Waals surface area (Å²) in [5.41, 5.74) is -1.81. The van der Waals surface area contributed by atoms with Gasteiger partial charge in [0.25, 0.3) is 0 Å². The molecule has 1 heterocycles. The van der Waals surface area contributed by atoms with Gasteiger partial charge in [0.1, 0.15) is 0 Å². The van der Waals surface area contributed by atoms with Crippen molar-refractivity contribution in [2.45, 2.75) is 13.1 Å². The Labute approximate surface area is 71.8 Å². The van der Waals surface area contributed by atoms with Crippen LogP contribution in [0.1, 0.15) is 11.4 Å². The number of hydrogen-bond acceptors (Lipinski definition) is 2. The molecule has 0 aliphatic rings. The molecule has 0 bridgehead atoms. The van der Waals surface area contributed by atoms with Crippen LogP contribution in [0.5, 0.6) is 0 Å². The number of rotatable bonds is 0. The molecule has 0 saturated heterocycles. The van der Waals surface area contributed by atoms with E-state index in [0.29, 0.717) is 0 Å². The topological polar surface area (TPSA) is 34.9 Å². The van der Waals surface area contributed by atoms with E-state index in [1.54, 1.807) is 0 Å². The molecule has 0 aliphatic carbocycles. The summed E-state index contributed by atoms with van der Waals surface area (Å²) in [6.07, 6.45) is -4.56. The molecule has 0 N–H and O–H groups in total. The number of aryl methyl sites for hydroxylation is 1. The Balaban J connectivity index is 3.38. The number of alkyl halides is 3. The van der Waals surface area contributed by atoms with Crippen LogP contribution in [0.3, 0.4) is 0 Å². The van der Waals surface area contributed by atoms with E-state index in [0.717, 1.165) is 10.6 Å². The first-order valence-corrected chi connectivity index (χ1v) is 3.44. The van der Waals surface area contributed by atoms with Crippen molar-refractivity contribution in [2.24, 2.45) is 7.05 Å². The first kappa shape index (κ1) is 9.76. The highest BCUT2D eigenvalue weighted by Crippen LogP contribution is 2.26. The molecule has 0 atom stereocenters. The van der Waals surface area contributed by atoms with Gasteiger partial charge in [-0.2, -0.15) is 18.2 Å². The molecule has 0 amide bonds. The van der Waals surface area contributed by atoms with Gasteiger partial charge in [0.05, 0.1) is 0 Å². The highest BCUT2D eigenvalue weighted by Gasteiger charge is 2.33. The maximum absolute atomic E-state index is 12.1. The van der Waals surface area contributed by atoms with E-state index in [9.17, 15) is 18.0 Å². The lowest BCUT2D eigenvalue weighted by Crippen LogP contribution is -2.26. The minimum Gasteiger partial charge on any atom is -0.300 e. The summed E-state index contributed by atoms with van der Waals surface area (Å²) in [6.45, 7) is 1.42. The zero-order chi connectivity index (χ0) is 10.2. The summed E-state index contributed by atoms with van der Waals surface area (Å²) in [4.78, 5) is 13.7. The van der Waals surface area contributed by atoms with Gasteiger partial charge in [0.2, 0.25) is 0 Å². The molecule has 1 aromatic rings. The minimum absolute atomic E-state index is 0.229. The van der Waals surface area contributed by atoms with E-state index < -0.39 is 17.6 Å². The molecule has 1 aromatic heterocycles. The average molecular weight is 192 g/mol. The maximum Gasteiger partial charge on any atom is 0.433 e. The molecule has 0 unspecified atom stereocenters. The van der Waals surface area contributed by atoms with Crippen molar-refractivity contribution in [3.8, 4) is 0 Å². The van der Waals surface area contributed by atoms with E-state index in [1.807, 2.05) is 0 Å². The van der Waals surface area contributed by atoms with E-state index in [2.05, 4.69) is 4.98 Å². The summed E-state index contributed by atoms with van der Waals surface area (Å²) >= 11 is 0. The summed E-state index contributed by atoms with van der Waals surface area (Å²) < 4.78 is 37.3.